The van der Waals surface area contributed by atoms with E-state index >= 15 is 0 Å². The number of unbranched alkanes of at least 4 members (excludes halogenated alkanes) is 1. The van der Waals surface area contributed by atoms with Crippen molar-refractivity contribution in [2.75, 3.05) is 11.9 Å². The number of hydrogen-bond acceptors (Lipinski definition) is 3. The maximum atomic E-state index is 11.1. The van der Waals surface area contributed by atoms with E-state index in [-0.39, 0.29) is 5.75 Å². The van der Waals surface area contributed by atoms with E-state index in [9.17, 15) is 13.0 Å². The van der Waals surface area contributed by atoms with E-state index in [1.807, 2.05) is 72.8 Å². The molecule has 0 aliphatic rings. The van der Waals surface area contributed by atoms with Crippen LogP contribution in [0.25, 0.3) is 0 Å². The molecular formula is C22H20Cl3O3PS. The fraction of sp³-hybridized carbons (Fsp3) is 0.182. The van der Waals surface area contributed by atoms with Gasteiger partial charge in [0, 0.05) is 20.8 Å². The van der Waals surface area contributed by atoms with E-state index in [0.717, 1.165) is 15.9 Å². The Balaban J connectivity index is 2.15. The second-order valence-electron chi connectivity index (χ2n) is 6.93. The van der Waals surface area contributed by atoms with Gasteiger partial charge in [0.1, 0.15) is 23.2 Å². The van der Waals surface area contributed by atoms with Crippen molar-refractivity contribution in [3.8, 4) is 0 Å². The Kier molecular flexibility index (Phi) is 7.84. The zero-order chi connectivity index (χ0) is 21.8. The van der Waals surface area contributed by atoms with Gasteiger partial charge in [-0.25, -0.2) is 8.42 Å². The van der Waals surface area contributed by atoms with E-state index in [2.05, 4.69) is 0 Å². The molecule has 30 heavy (non-hydrogen) atoms. The van der Waals surface area contributed by atoms with Crippen LogP contribution in [-0.4, -0.2) is 24.9 Å². The maximum Gasteiger partial charge on any atom is 0.112 e. The SMILES string of the molecule is O=S(=O)([O-])CCCC[P+](c1ccc(Cl)cc1)(c1ccc(Cl)cc1)c1ccc(Cl)cc1. The first-order chi connectivity index (χ1) is 14.2. The molecule has 0 bridgehead atoms. The van der Waals surface area contributed by atoms with Gasteiger partial charge in [-0.05, 0) is 85.6 Å². The number of rotatable bonds is 8. The maximum absolute atomic E-state index is 11.1. The highest BCUT2D eigenvalue weighted by Crippen LogP contribution is 2.56. The molecule has 0 heterocycles. The molecule has 0 amide bonds. The van der Waals surface area contributed by atoms with Crippen LogP contribution in [0.5, 0.6) is 0 Å². The van der Waals surface area contributed by atoms with Gasteiger partial charge in [-0.2, -0.15) is 0 Å². The molecule has 0 radical (unpaired) electrons. The van der Waals surface area contributed by atoms with Gasteiger partial charge in [-0.1, -0.05) is 34.8 Å². The third kappa shape index (κ3) is 5.76. The summed E-state index contributed by atoms with van der Waals surface area (Å²) in [6.07, 6.45) is 1.60. The molecule has 0 aliphatic carbocycles. The zero-order valence-corrected chi connectivity index (χ0v) is 19.9. The summed E-state index contributed by atoms with van der Waals surface area (Å²) in [5.41, 5.74) is 0. The molecule has 0 spiro atoms. The van der Waals surface area contributed by atoms with Crippen molar-refractivity contribution in [3.05, 3.63) is 87.9 Å². The Bertz CT molecular complexity index is 973. The number of hydrogen-bond donors (Lipinski definition) is 0. The third-order valence-corrected chi connectivity index (χ3v) is 11.0. The van der Waals surface area contributed by atoms with Gasteiger partial charge in [0.05, 0.1) is 16.3 Å². The van der Waals surface area contributed by atoms with Crippen LogP contribution in [0.2, 0.25) is 15.1 Å². The van der Waals surface area contributed by atoms with Crippen molar-refractivity contribution in [2.24, 2.45) is 0 Å². The van der Waals surface area contributed by atoms with Crippen LogP contribution in [0.3, 0.4) is 0 Å². The quantitative estimate of drug-likeness (QED) is 0.240. The van der Waals surface area contributed by atoms with Crippen LogP contribution in [0.15, 0.2) is 72.8 Å². The van der Waals surface area contributed by atoms with Crippen LogP contribution in [-0.2, 0) is 10.1 Å². The summed E-state index contributed by atoms with van der Waals surface area (Å²) in [5.74, 6) is -0.366. The summed E-state index contributed by atoms with van der Waals surface area (Å²) < 4.78 is 33.3. The average Bonchev–Trinajstić information content (AvgIpc) is 2.70. The average molecular weight is 502 g/mol. The minimum Gasteiger partial charge on any atom is -0.748 e. The summed E-state index contributed by atoms with van der Waals surface area (Å²) in [4.78, 5) is 0. The molecule has 0 fully saturated rings. The fourth-order valence-electron chi connectivity index (χ4n) is 3.55. The monoisotopic (exact) mass is 500 g/mol. The smallest absolute Gasteiger partial charge is 0.112 e. The van der Waals surface area contributed by atoms with E-state index in [1.54, 1.807) is 0 Å². The molecule has 0 saturated carbocycles. The topological polar surface area (TPSA) is 57.2 Å². The minimum atomic E-state index is -4.24. The number of halogens is 3. The summed E-state index contributed by atoms with van der Waals surface area (Å²) in [6, 6.07) is 23.3. The van der Waals surface area contributed by atoms with Crippen molar-refractivity contribution in [2.45, 2.75) is 12.8 Å². The van der Waals surface area contributed by atoms with Gasteiger partial charge in [-0.3, -0.25) is 0 Å². The standard InChI is InChI=1S/C22H20Cl3O3PS/c23-17-3-9-20(10-4-17)29(15-1-2-16-30(26,27)28,21-11-5-18(24)6-12-21)22-13-7-19(25)8-14-22/h3-14H,1-2,15-16H2. The third-order valence-electron chi connectivity index (χ3n) is 4.94. The van der Waals surface area contributed by atoms with Gasteiger partial charge in [0.2, 0.25) is 0 Å². The Labute approximate surface area is 193 Å². The first-order valence-corrected chi connectivity index (χ1v) is 14.0. The van der Waals surface area contributed by atoms with Crippen LogP contribution >= 0.6 is 42.1 Å². The first kappa shape index (κ1) is 23.5. The molecule has 0 unspecified atom stereocenters. The minimum absolute atomic E-state index is 0.308. The lowest BCUT2D eigenvalue weighted by Gasteiger charge is -2.28. The summed E-state index contributed by atoms with van der Waals surface area (Å²) >= 11 is 18.4. The Morgan fingerprint density at radius 1 is 0.633 bits per heavy atom. The molecule has 0 aromatic heterocycles. The normalized spacial score (nSPS) is 12.1. The van der Waals surface area contributed by atoms with Crippen molar-refractivity contribution in [3.63, 3.8) is 0 Å². The molecule has 8 heteroatoms. The van der Waals surface area contributed by atoms with Crippen molar-refractivity contribution >= 4 is 68.1 Å². The molecular weight excluding hydrogens is 482 g/mol. The van der Waals surface area contributed by atoms with Gasteiger partial charge in [0.25, 0.3) is 0 Å². The zero-order valence-electron chi connectivity index (χ0n) is 16.0. The Hall–Kier alpha value is -1.13. The first-order valence-electron chi connectivity index (χ1n) is 9.31. The van der Waals surface area contributed by atoms with Crippen molar-refractivity contribution < 1.29 is 13.0 Å². The lowest BCUT2D eigenvalue weighted by atomic mass is 10.3. The van der Waals surface area contributed by atoms with E-state index in [1.165, 1.54) is 0 Å². The van der Waals surface area contributed by atoms with E-state index < -0.39 is 17.4 Å². The molecule has 0 saturated heterocycles. The lowest BCUT2D eigenvalue weighted by Crippen LogP contribution is -2.33. The highest BCUT2D eigenvalue weighted by atomic mass is 35.5. The van der Waals surface area contributed by atoms with Crippen LogP contribution < -0.4 is 15.9 Å². The largest absolute Gasteiger partial charge is 0.748 e. The predicted octanol–water partition coefficient (Wildman–Crippen LogP) is 5.27. The number of benzene rings is 3. The van der Waals surface area contributed by atoms with Crippen molar-refractivity contribution in [1.29, 1.82) is 0 Å². The molecule has 0 N–H and O–H groups in total. The highest BCUT2D eigenvalue weighted by Gasteiger charge is 2.44. The highest BCUT2D eigenvalue weighted by molar-refractivity contribution is 7.95. The second kappa shape index (κ2) is 9.99. The molecule has 0 aliphatic heterocycles. The molecule has 3 aromatic rings. The summed E-state index contributed by atoms with van der Waals surface area (Å²) in [7, 11) is -6.41. The molecule has 3 nitrogen and oxygen atoms in total. The molecule has 158 valence electrons. The Morgan fingerprint density at radius 2 is 0.967 bits per heavy atom. The lowest BCUT2D eigenvalue weighted by molar-refractivity contribution is 0.461. The summed E-state index contributed by atoms with van der Waals surface area (Å²) in [6.45, 7) is 0. The van der Waals surface area contributed by atoms with Gasteiger partial charge < -0.3 is 4.55 Å². The van der Waals surface area contributed by atoms with Gasteiger partial charge in [-0.15, -0.1) is 0 Å². The van der Waals surface area contributed by atoms with E-state index in [4.69, 9.17) is 34.8 Å². The van der Waals surface area contributed by atoms with E-state index in [0.29, 0.717) is 34.1 Å². The van der Waals surface area contributed by atoms with Crippen LogP contribution in [0, 0.1) is 0 Å². The molecule has 3 rings (SSSR count). The van der Waals surface area contributed by atoms with Crippen molar-refractivity contribution in [1.82, 2.24) is 0 Å². The van der Waals surface area contributed by atoms with Crippen LogP contribution in [0.1, 0.15) is 12.8 Å². The summed E-state index contributed by atoms with van der Waals surface area (Å²) in [5, 5.41) is 5.26. The molecule has 3 aromatic carbocycles. The fourth-order valence-corrected chi connectivity index (χ4v) is 8.83. The van der Waals surface area contributed by atoms with Gasteiger partial charge in [0.15, 0.2) is 0 Å². The Morgan fingerprint density at radius 3 is 1.27 bits per heavy atom. The van der Waals surface area contributed by atoms with Crippen LogP contribution in [0.4, 0.5) is 0 Å². The van der Waals surface area contributed by atoms with Gasteiger partial charge >= 0.3 is 0 Å². The molecule has 0 atom stereocenters. The second-order valence-corrected chi connectivity index (χ2v) is 13.4. The predicted molar refractivity (Wildman–Crippen MR) is 129 cm³/mol.